The Labute approximate surface area is 118 Å². The minimum absolute atomic E-state index is 0.0330. The molecule has 0 N–H and O–H groups in total. The van der Waals surface area contributed by atoms with Gasteiger partial charge in [0, 0.05) is 10.6 Å². The van der Waals surface area contributed by atoms with Crippen LogP contribution >= 0.6 is 11.6 Å². The normalized spacial score (nSPS) is 10.3. The Bertz CT molecular complexity index is 568. The molecule has 2 rings (SSSR count). The lowest BCUT2D eigenvalue weighted by Crippen LogP contribution is -2.12. The highest BCUT2D eigenvalue weighted by Gasteiger charge is 2.10. The smallest absolute Gasteiger partial charge is 0.200 e. The maximum absolute atomic E-state index is 12.0. The van der Waals surface area contributed by atoms with Gasteiger partial charge >= 0.3 is 0 Å². The van der Waals surface area contributed by atoms with Gasteiger partial charge in [0.05, 0.1) is 0 Å². The first kappa shape index (κ1) is 13.6. The molecule has 0 aromatic heterocycles. The van der Waals surface area contributed by atoms with E-state index in [1.54, 1.807) is 12.1 Å². The standard InChI is InChI=1S/C16H15ClO2/c1-11-8-14(17)9-12(2)16(11)19-10-15(18)13-6-4-3-5-7-13/h3-9H,10H2,1-2H3. The molecule has 0 bridgehead atoms. The van der Waals surface area contributed by atoms with Crippen molar-refractivity contribution in [2.75, 3.05) is 6.61 Å². The summed E-state index contributed by atoms with van der Waals surface area (Å²) in [6.45, 7) is 3.87. The molecule has 0 aliphatic carbocycles. The van der Waals surface area contributed by atoms with Crippen LogP contribution in [0.15, 0.2) is 42.5 Å². The van der Waals surface area contributed by atoms with Gasteiger partial charge in [-0.15, -0.1) is 0 Å². The molecule has 0 radical (unpaired) electrons. The summed E-state index contributed by atoms with van der Waals surface area (Å²) in [4.78, 5) is 12.0. The van der Waals surface area contributed by atoms with Crippen LogP contribution in [0.2, 0.25) is 5.02 Å². The predicted octanol–water partition coefficient (Wildman–Crippen LogP) is 4.22. The Balaban J connectivity index is 2.10. The van der Waals surface area contributed by atoms with E-state index in [1.807, 2.05) is 44.2 Å². The number of ether oxygens (including phenoxy) is 1. The van der Waals surface area contributed by atoms with Crippen LogP contribution in [-0.4, -0.2) is 12.4 Å². The molecule has 3 heteroatoms. The third kappa shape index (κ3) is 3.36. The van der Waals surface area contributed by atoms with Crippen LogP contribution in [0.5, 0.6) is 5.75 Å². The molecule has 98 valence electrons. The van der Waals surface area contributed by atoms with Crippen molar-refractivity contribution in [2.45, 2.75) is 13.8 Å². The van der Waals surface area contributed by atoms with Gasteiger partial charge in [-0.3, -0.25) is 4.79 Å². The molecule has 0 fully saturated rings. The summed E-state index contributed by atoms with van der Waals surface area (Å²) >= 11 is 5.96. The summed E-state index contributed by atoms with van der Waals surface area (Å²) in [6.07, 6.45) is 0. The molecule has 0 amide bonds. The van der Waals surface area contributed by atoms with Gasteiger partial charge in [0.2, 0.25) is 0 Å². The van der Waals surface area contributed by atoms with E-state index < -0.39 is 0 Å². The maximum Gasteiger partial charge on any atom is 0.200 e. The van der Waals surface area contributed by atoms with Crippen LogP contribution in [0.25, 0.3) is 0 Å². The zero-order valence-corrected chi connectivity index (χ0v) is 11.7. The summed E-state index contributed by atoms with van der Waals surface area (Å²) in [5.74, 6) is 0.697. The SMILES string of the molecule is Cc1cc(Cl)cc(C)c1OCC(=O)c1ccccc1. The molecule has 0 saturated heterocycles. The van der Waals surface area contributed by atoms with E-state index in [2.05, 4.69) is 0 Å². The van der Waals surface area contributed by atoms with Gasteiger partial charge in [-0.2, -0.15) is 0 Å². The molecular weight excluding hydrogens is 260 g/mol. The van der Waals surface area contributed by atoms with Crippen molar-refractivity contribution in [1.29, 1.82) is 0 Å². The second-order valence-electron chi connectivity index (χ2n) is 4.45. The highest BCUT2D eigenvalue weighted by atomic mass is 35.5. The molecule has 0 aliphatic heterocycles. The first-order chi connectivity index (χ1) is 9.08. The first-order valence-electron chi connectivity index (χ1n) is 6.05. The van der Waals surface area contributed by atoms with Crippen molar-refractivity contribution < 1.29 is 9.53 Å². The molecule has 0 saturated carbocycles. The Kier molecular flexibility index (Phi) is 4.23. The molecule has 2 aromatic carbocycles. The second kappa shape index (κ2) is 5.89. The van der Waals surface area contributed by atoms with Crippen molar-refractivity contribution in [3.8, 4) is 5.75 Å². The highest BCUT2D eigenvalue weighted by molar-refractivity contribution is 6.30. The second-order valence-corrected chi connectivity index (χ2v) is 4.88. The van der Waals surface area contributed by atoms with Crippen LogP contribution in [0.1, 0.15) is 21.5 Å². The van der Waals surface area contributed by atoms with Gasteiger partial charge in [-0.25, -0.2) is 0 Å². The van der Waals surface area contributed by atoms with E-state index in [-0.39, 0.29) is 12.4 Å². The number of ketones is 1. The number of benzene rings is 2. The Morgan fingerprint density at radius 2 is 1.68 bits per heavy atom. The molecule has 0 unspecified atom stereocenters. The third-order valence-corrected chi connectivity index (χ3v) is 3.09. The summed E-state index contributed by atoms with van der Waals surface area (Å²) in [6, 6.07) is 12.8. The predicted molar refractivity (Wildman–Crippen MR) is 77.2 cm³/mol. The molecule has 2 nitrogen and oxygen atoms in total. The van der Waals surface area contributed by atoms with Crippen molar-refractivity contribution in [2.24, 2.45) is 0 Å². The lowest BCUT2D eigenvalue weighted by atomic mass is 10.1. The van der Waals surface area contributed by atoms with Crippen molar-refractivity contribution in [1.82, 2.24) is 0 Å². The summed E-state index contributed by atoms with van der Waals surface area (Å²) in [5.41, 5.74) is 2.53. The van der Waals surface area contributed by atoms with Gasteiger partial charge in [0.15, 0.2) is 12.4 Å². The van der Waals surface area contributed by atoms with E-state index >= 15 is 0 Å². The maximum atomic E-state index is 12.0. The molecular formula is C16H15ClO2. The van der Waals surface area contributed by atoms with Gasteiger partial charge < -0.3 is 4.74 Å². The average molecular weight is 275 g/mol. The van der Waals surface area contributed by atoms with Gasteiger partial charge in [-0.05, 0) is 37.1 Å². The Morgan fingerprint density at radius 3 is 2.26 bits per heavy atom. The number of rotatable bonds is 4. The van der Waals surface area contributed by atoms with Crippen molar-refractivity contribution in [3.63, 3.8) is 0 Å². The topological polar surface area (TPSA) is 26.3 Å². The Hall–Kier alpha value is -1.80. The van der Waals surface area contributed by atoms with Crippen LogP contribution < -0.4 is 4.74 Å². The molecule has 0 aliphatic rings. The van der Waals surface area contributed by atoms with Crippen molar-refractivity contribution in [3.05, 3.63) is 64.2 Å². The summed E-state index contributed by atoms with van der Waals surface area (Å²) in [5, 5.41) is 0.678. The van der Waals surface area contributed by atoms with Gasteiger partial charge in [-0.1, -0.05) is 41.9 Å². The number of Topliss-reactive ketones (excluding diaryl/α,β-unsaturated/α-hetero) is 1. The number of aryl methyl sites for hydroxylation is 2. The molecule has 0 heterocycles. The van der Waals surface area contributed by atoms with Gasteiger partial charge in [0.25, 0.3) is 0 Å². The number of hydrogen-bond acceptors (Lipinski definition) is 2. The van der Waals surface area contributed by atoms with Crippen LogP contribution in [0.4, 0.5) is 0 Å². The molecule has 0 atom stereocenters. The number of carbonyl (C=O) groups excluding carboxylic acids is 1. The fraction of sp³-hybridized carbons (Fsp3) is 0.188. The molecule has 2 aromatic rings. The van der Waals surface area contributed by atoms with E-state index in [4.69, 9.17) is 16.3 Å². The largest absolute Gasteiger partial charge is 0.485 e. The first-order valence-corrected chi connectivity index (χ1v) is 6.43. The summed E-state index contributed by atoms with van der Waals surface area (Å²) in [7, 11) is 0. The van der Waals surface area contributed by atoms with Gasteiger partial charge in [0.1, 0.15) is 5.75 Å². The van der Waals surface area contributed by atoms with Crippen LogP contribution in [0, 0.1) is 13.8 Å². The fourth-order valence-corrected chi connectivity index (χ4v) is 2.30. The zero-order valence-electron chi connectivity index (χ0n) is 10.9. The number of carbonyl (C=O) groups is 1. The Morgan fingerprint density at radius 1 is 1.11 bits per heavy atom. The minimum Gasteiger partial charge on any atom is -0.485 e. The average Bonchev–Trinajstić information content (AvgIpc) is 2.38. The molecule has 0 spiro atoms. The quantitative estimate of drug-likeness (QED) is 0.781. The van der Waals surface area contributed by atoms with E-state index in [1.165, 1.54) is 0 Å². The highest BCUT2D eigenvalue weighted by Crippen LogP contribution is 2.27. The number of hydrogen-bond donors (Lipinski definition) is 0. The van der Waals surface area contributed by atoms with E-state index in [0.29, 0.717) is 10.6 Å². The number of halogens is 1. The summed E-state index contributed by atoms with van der Waals surface area (Å²) < 4.78 is 5.63. The third-order valence-electron chi connectivity index (χ3n) is 2.87. The fourth-order valence-electron chi connectivity index (χ4n) is 1.97. The lowest BCUT2D eigenvalue weighted by Gasteiger charge is -2.12. The lowest BCUT2D eigenvalue weighted by molar-refractivity contribution is 0.0920. The van der Waals surface area contributed by atoms with E-state index in [9.17, 15) is 4.79 Å². The van der Waals surface area contributed by atoms with E-state index in [0.717, 1.165) is 16.9 Å². The minimum atomic E-state index is -0.0330. The zero-order chi connectivity index (χ0) is 13.8. The van der Waals surface area contributed by atoms with Crippen molar-refractivity contribution >= 4 is 17.4 Å². The van der Waals surface area contributed by atoms with Crippen LogP contribution in [-0.2, 0) is 0 Å². The monoisotopic (exact) mass is 274 g/mol. The van der Waals surface area contributed by atoms with Crippen LogP contribution in [0.3, 0.4) is 0 Å². The molecule has 19 heavy (non-hydrogen) atoms.